The highest BCUT2D eigenvalue weighted by Crippen LogP contribution is 2.26. The molecule has 15 heavy (non-hydrogen) atoms. The van der Waals surface area contributed by atoms with Crippen LogP contribution < -0.4 is 0 Å². The SMILES string of the molecule is CCCn1ncc([N+](=O)[O-])c1S(=O)(=O)Cl. The van der Waals surface area contributed by atoms with Gasteiger partial charge in [0.05, 0.1) is 4.92 Å². The summed E-state index contributed by atoms with van der Waals surface area (Å²) in [5.74, 6) is 0. The van der Waals surface area contributed by atoms with Crippen molar-refractivity contribution in [2.45, 2.75) is 24.9 Å². The van der Waals surface area contributed by atoms with Gasteiger partial charge in [-0.1, -0.05) is 6.92 Å². The smallest absolute Gasteiger partial charge is 0.258 e. The Balaban J connectivity index is 3.40. The number of nitrogens with zero attached hydrogens (tertiary/aromatic N) is 3. The first-order valence-corrected chi connectivity index (χ1v) is 6.33. The molecule has 0 aromatic carbocycles. The van der Waals surface area contributed by atoms with Crippen LogP contribution in [-0.4, -0.2) is 23.1 Å². The van der Waals surface area contributed by atoms with Crippen molar-refractivity contribution in [3.05, 3.63) is 16.3 Å². The standard InChI is InChI=1S/C6H8ClN3O4S/c1-2-3-9-6(15(7,13)14)5(4-8-9)10(11)12/h4H,2-3H2,1H3. The van der Waals surface area contributed by atoms with Gasteiger partial charge in [-0.15, -0.1) is 0 Å². The van der Waals surface area contributed by atoms with Crippen molar-refractivity contribution >= 4 is 25.4 Å². The van der Waals surface area contributed by atoms with Crippen LogP contribution in [0.15, 0.2) is 11.2 Å². The Morgan fingerprint density at radius 1 is 1.67 bits per heavy atom. The van der Waals surface area contributed by atoms with Gasteiger partial charge in [0.2, 0.25) is 5.03 Å². The third-order valence-corrected chi connectivity index (χ3v) is 2.96. The molecular weight excluding hydrogens is 246 g/mol. The van der Waals surface area contributed by atoms with Crippen molar-refractivity contribution in [1.82, 2.24) is 9.78 Å². The number of aryl methyl sites for hydroxylation is 1. The first kappa shape index (κ1) is 11.9. The third-order valence-electron chi connectivity index (χ3n) is 1.64. The molecule has 1 heterocycles. The summed E-state index contributed by atoms with van der Waals surface area (Å²) in [6.45, 7) is 2.05. The molecule has 0 fully saturated rings. The number of halogens is 1. The van der Waals surface area contributed by atoms with E-state index in [1.807, 2.05) is 0 Å². The van der Waals surface area contributed by atoms with Crippen LogP contribution in [-0.2, 0) is 15.6 Å². The number of nitro groups is 1. The molecule has 0 saturated heterocycles. The lowest BCUT2D eigenvalue weighted by molar-refractivity contribution is -0.388. The second-order valence-electron chi connectivity index (χ2n) is 2.75. The van der Waals surface area contributed by atoms with Crippen molar-refractivity contribution in [3.63, 3.8) is 0 Å². The van der Waals surface area contributed by atoms with E-state index in [4.69, 9.17) is 10.7 Å². The normalized spacial score (nSPS) is 11.6. The topological polar surface area (TPSA) is 95.1 Å². The predicted octanol–water partition coefficient (Wildman–Crippen LogP) is 1.13. The molecule has 0 amide bonds. The van der Waals surface area contributed by atoms with Gasteiger partial charge in [0.25, 0.3) is 9.05 Å². The summed E-state index contributed by atoms with van der Waals surface area (Å²) in [7, 11) is 0.940. The summed E-state index contributed by atoms with van der Waals surface area (Å²) in [6, 6.07) is 0. The van der Waals surface area contributed by atoms with Crippen LogP contribution in [0.4, 0.5) is 5.69 Å². The molecule has 0 spiro atoms. The first-order chi connectivity index (χ1) is 6.88. The van der Waals surface area contributed by atoms with E-state index in [2.05, 4.69) is 5.10 Å². The average Bonchev–Trinajstić information content (AvgIpc) is 2.47. The van der Waals surface area contributed by atoms with Gasteiger partial charge >= 0.3 is 5.69 Å². The summed E-state index contributed by atoms with van der Waals surface area (Å²) in [4.78, 5) is 9.69. The van der Waals surface area contributed by atoms with Crippen molar-refractivity contribution in [3.8, 4) is 0 Å². The molecule has 0 bridgehead atoms. The molecule has 0 aliphatic carbocycles. The Morgan fingerprint density at radius 3 is 2.67 bits per heavy atom. The molecule has 0 aliphatic rings. The average molecular weight is 254 g/mol. The van der Waals surface area contributed by atoms with Crippen LogP contribution >= 0.6 is 10.7 Å². The molecule has 7 nitrogen and oxygen atoms in total. The van der Waals surface area contributed by atoms with E-state index in [1.54, 1.807) is 6.92 Å². The zero-order valence-corrected chi connectivity index (χ0v) is 9.32. The largest absolute Gasteiger partial charge is 0.327 e. The fourth-order valence-corrected chi connectivity index (χ4v) is 2.35. The fraction of sp³-hybridized carbons (Fsp3) is 0.500. The molecule has 0 aliphatic heterocycles. The molecule has 1 rings (SSSR count). The van der Waals surface area contributed by atoms with Crippen LogP contribution in [0.1, 0.15) is 13.3 Å². The Hall–Kier alpha value is -1.15. The maximum absolute atomic E-state index is 11.1. The molecule has 84 valence electrons. The summed E-state index contributed by atoms with van der Waals surface area (Å²) >= 11 is 0. The Morgan fingerprint density at radius 2 is 2.27 bits per heavy atom. The van der Waals surface area contributed by atoms with Crippen LogP contribution in [0.25, 0.3) is 0 Å². The Kier molecular flexibility index (Phi) is 3.30. The van der Waals surface area contributed by atoms with E-state index in [0.717, 1.165) is 10.9 Å². The van der Waals surface area contributed by atoms with Gasteiger partial charge in [-0.3, -0.25) is 10.1 Å². The molecular formula is C6H8ClN3O4S. The number of hydrogen-bond acceptors (Lipinski definition) is 5. The number of aromatic nitrogens is 2. The molecule has 0 N–H and O–H groups in total. The van der Waals surface area contributed by atoms with Crippen molar-refractivity contribution in [1.29, 1.82) is 0 Å². The van der Waals surface area contributed by atoms with Crippen molar-refractivity contribution < 1.29 is 13.3 Å². The summed E-state index contributed by atoms with van der Waals surface area (Å²) in [6.07, 6.45) is 1.48. The molecule has 0 radical (unpaired) electrons. The Labute approximate surface area is 90.2 Å². The summed E-state index contributed by atoms with van der Waals surface area (Å²) in [5.41, 5.74) is -0.599. The van der Waals surface area contributed by atoms with E-state index in [1.165, 1.54) is 0 Å². The van der Waals surface area contributed by atoms with Gasteiger partial charge in [-0.05, 0) is 6.42 Å². The van der Waals surface area contributed by atoms with Crippen LogP contribution in [0, 0.1) is 10.1 Å². The van der Waals surface area contributed by atoms with Crippen LogP contribution in [0.2, 0.25) is 0 Å². The highest BCUT2D eigenvalue weighted by atomic mass is 35.7. The fourth-order valence-electron chi connectivity index (χ4n) is 1.11. The van der Waals surface area contributed by atoms with Crippen LogP contribution in [0.3, 0.4) is 0 Å². The quantitative estimate of drug-likeness (QED) is 0.455. The second kappa shape index (κ2) is 4.15. The highest BCUT2D eigenvalue weighted by Gasteiger charge is 2.30. The lowest BCUT2D eigenvalue weighted by Crippen LogP contribution is -2.08. The van der Waals surface area contributed by atoms with Gasteiger partial charge in [0, 0.05) is 17.2 Å². The van der Waals surface area contributed by atoms with E-state index >= 15 is 0 Å². The highest BCUT2D eigenvalue weighted by molar-refractivity contribution is 8.13. The molecule has 1 aromatic rings. The van der Waals surface area contributed by atoms with E-state index in [9.17, 15) is 18.5 Å². The molecule has 0 unspecified atom stereocenters. The minimum Gasteiger partial charge on any atom is -0.258 e. The lowest BCUT2D eigenvalue weighted by Gasteiger charge is -2.01. The molecule has 1 aromatic heterocycles. The minimum absolute atomic E-state index is 0.259. The lowest BCUT2D eigenvalue weighted by atomic mass is 10.5. The predicted molar refractivity (Wildman–Crippen MR) is 52.2 cm³/mol. The van der Waals surface area contributed by atoms with E-state index in [0.29, 0.717) is 6.42 Å². The van der Waals surface area contributed by atoms with Gasteiger partial charge < -0.3 is 0 Å². The number of rotatable bonds is 4. The minimum atomic E-state index is -4.16. The number of hydrogen-bond donors (Lipinski definition) is 0. The zero-order chi connectivity index (χ0) is 11.6. The molecule has 0 saturated carbocycles. The van der Waals surface area contributed by atoms with Gasteiger partial charge in [0.1, 0.15) is 6.20 Å². The van der Waals surface area contributed by atoms with E-state index in [-0.39, 0.29) is 6.54 Å². The maximum atomic E-state index is 11.1. The zero-order valence-electron chi connectivity index (χ0n) is 7.75. The molecule has 9 heteroatoms. The summed E-state index contributed by atoms with van der Waals surface area (Å²) < 4.78 is 23.2. The summed E-state index contributed by atoms with van der Waals surface area (Å²) in [5, 5.41) is 13.6. The maximum Gasteiger partial charge on any atom is 0.327 e. The van der Waals surface area contributed by atoms with Crippen molar-refractivity contribution in [2.75, 3.05) is 0 Å². The van der Waals surface area contributed by atoms with Gasteiger partial charge in [-0.25, -0.2) is 13.1 Å². The van der Waals surface area contributed by atoms with E-state index < -0.39 is 24.7 Å². The third kappa shape index (κ3) is 2.45. The van der Waals surface area contributed by atoms with Crippen molar-refractivity contribution in [2.24, 2.45) is 0 Å². The van der Waals surface area contributed by atoms with Crippen LogP contribution in [0.5, 0.6) is 0 Å². The molecule has 0 atom stereocenters. The first-order valence-electron chi connectivity index (χ1n) is 4.02. The second-order valence-corrected chi connectivity index (χ2v) is 5.23. The Bertz CT molecular complexity index is 481. The van der Waals surface area contributed by atoms with Gasteiger partial charge in [-0.2, -0.15) is 5.10 Å². The van der Waals surface area contributed by atoms with Gasteiger partial charge in [0.15, 0.2) is 0 Å². The monoisotopic (exact) mass is 253 g/mol.